The lowest BCUT2D eigenvalue weighted by molar-refractivity contribution is -0.146. The summed E-state index contributed by atoms with van der Waals surface area (Å²) in [7, 11) is 1.41. The van der Waals surface area contributed by atoms with E-state index in [1.54, 1.807) is 24.4 Å². The van der Waals surface area contributed by atoms with Gasteiger partial charge in [0.05, 0.1) is 12.7 Å². The number of phenolic OH excluding ortho intramolecular Hbond substituents is 1. The highest BCUT2D eigenvalue weighted by atomic mass is 16.5. The molecule has 2 aliphatic rings. The molecule has 0 radical (unpaired) electrons. The lowest BCUT2D eigenvalue weighted by Crippen LogP contribution is -2.41. The first-order chi connectivity index (χ1) is 14.6. The summed E-state index contributed by atoms with van der Waals surface area (Å²) in [5, 5.41) is 14.3. The summed E-state index contributed by atoms with van der Waals surface area (Å²) >= 11 is 0. The number of benzene rings is 1. The standard InChI is InChI=1S/C23H29N3O4/c1-30-23(29)19-12-17(14-26(19)13-15-6-3-2-4-7-15)25-22(28)18-10-9-16-8-5-11-24-20(16)21(18)27/h5,8-11,15,17,19,27H,2-4,6-7,12-14H2,1H3,(H,25,28). The summed E-state index contributed by atoms with van der Waals surface area (Å²) < 4.78 is 5.02. The number of likely N-dealkylation sites (tertiary alicyclic amines) is 1. The van der Waals surface area contributed by atoms with Gasteiger partial charge >= 0.3 is 5.97 Å². The van der Waals surface area contributed by atoms with Gasteiger partial charge in [0.15, 0.2) is 5.75 Å². The van der Waals surface area contributed by atoms with E-state index < -0.39 is 0 Å². The Balaban J connectivity index is 1.46. The van der Waals surface area contributed by atoms with Crippen LogP contribution in [0.5, 0.6) is 5.75 Å². The average Bonchev–Trinajstić information content (AvgIpc) is 3.16. The van der Waals surface area contributed by atoms with Crippen LogP contribution in [-0.2, 0) is 9.53 Å². The maximum Gasteiger partial charge on any atom is 0.323 e. The van der Waals surface area contributed by atoms with Gasteiger partial charge in [0.2, 0.25) is 0 Å². The van der Waals surface area contributed by atoms with Gasteiger partial charge < -0.3 is 15.2 Å². The molecule has 2 heterocycles. The highest BCUT2D eigenvalue weighted by molar-refractivity contribution is 6.02. The normalized spacial score (nSPS) is 22.8. The van der Waals surface area contributed by atoms with E-state index in [9.17, 15) is 14.7 Å². The van der Waals surface area contributed by atoms with Gasteiger partial charge in [-0.3, -0.25) is 19.5 Å². The number of ether oxygens (including phenoxy) is 1. The van der Waals surface area contributed by atoms with E-state index in [1.165, 1.54) is 39.2 Å². The topological polar surface area (TPSA) is 91.8 Å². The summed E-state index contributed by atoms with van der Waals surface area (Å²) in [6, 6.07) is 6.50. The summed E-state index contributed by atoms with van der Waals surface area (Å²) in [6.45, 7) is 1.46. The first kappa shape index (κ1) is 20.6. The molecular weight excluding hydrogens is 382 g/mol. The molecular formula is C23H29N3O4. The van der Waals surface area contributed by atoms with Crippen molar-refractivity contribution in [3.8, 4) is 5.75 Å². The van der Waals surface area contributed by atoms with Crippen molar-refractivity contribution in [1.82, 2.24) is 15.2 Å². The zero-order chi connectivity index (χ0) is 21.1. The minimum Gasteiger partial charge on any atom is -0.505 e. The van der Waals surface area contributed by atoms with Gasteiger partial charge in [-0.25, -0.2) is 0 Å². The zero-order valence-electron chi connectivity index (χ0n) is 17.3. The van der Waals surface area contributed by atoms with E-state index in [1.807, 2.05) is 6.07 Å². The molecule has 2 fully saturated rings. The van der Waals surface area contributed by atoms with Crippen LogP contribution in [0.15, 0.2) is 30.5 Å². The number of aromatic nitrogens is 1. The number of esters is 1. The number of fused-ring (bicyclic) bond motifs is 1. The largest absolute Gasteiger partial charge is 0.505 e. The third-order valence-corrected chi connectivity index (χ3v) is 6.42. The van der Waals surface area contributed by atoms with E-state index in [2.05, 4.69) is 15.2 Å². The van der Waals surface area contributed by atoms with E-state index in [-0.39, 0.29) is 35.3 Å². The number of methoxy groups -OCH3 is 1. The molecule has 0 bridgehead atoms. The molecule has 2 N–H and O–H groups in total. The number of hydrogen-bond donors (Lipinski definition) is 2. The fourth-order valence-corrected chi connectivity index (χ4v) is 4.87. The lowest BCUT2D eigenvalue weighted by atomic mass is 9.89. The molecule has 1 aromatic heterocycles. The second-order valence-electron chi connectivity index (χ2n) is 8.44. The Morgan fingerprint density at radius 1 is 1.23 bits per heavy atom. The molecule has 1 saturated carbocycles. The van der Waals surface area contributed by atoms with E-state index in [4.69, 9.17) is 4.74 Å². The van der Waals surface area contributed by atoms with Gasteiger partial charge in [-0.1, -0.05) is 31.4 Å². The van der Waals surface area contributed by atoms with Crippen molar-refractivity contribution in [1.29, 1.82) is 0 Å². The number of pyridine rings is 1. The van der Waals surface area contributed by atoms with Crippen LogP contribution >= 0.6 is 0 Å². The number of nitrogens with zero attached hydrogens (tertiary/aromatic N) is 2. The summed E-state index contributed by atoms with van der Waals surface area (Å²) in [5.41, 5.74) is 0.601. The Labute approximate surface area is 176 Å². The number of phenols is 1. The van der Waals surface area contributed by atoms with Crippen molar-refractivity contribution in [3.05, 3.63) is 36.0 Å². The van der Waals surface area contributed by atoms with Crippen LogP contribution in [0.1, 0.15) is 48.9 Å². The van der Waals surface area contributed by atoms with Crippen LogP contribution in [0.25, 0.3) is 10.9 Å². The van der Waals surface area contributed by atoms with E-state index in [0.29, 0.717) is 24.4 Å². The predicted octanol–water partition coefficient (Wildman–Crippen LogP) is 2.87. The van der Waals surface area contributed by atoms with Crippen molar-refractivity contribution in [2.24, 2.45) is 5.92 Å². The molecule has 1 aromatic carbocycles. The molecule has 4 rings (SSSR count). The highest BCUT2D eigenvalue weighted by Gasteiger charge is 2.39. The van der Waals surface area contributed by atoms with Crippen LogP contribution in [0, 0.1) is 5.92 Å². The van der Waals surface area contributed by atoms with Gasteiger partial charge in [0.25, 0.3) is 5.91 Å². The fourth-order valence-electron chi connectivity index (χ4n) is 4.87. The Bertz CT molecular complexity index is 926. The lowest BCUT2D eigenvalue weighted by Gasteiger charge is -2.29. The molecule has 2 aromatic rings. The second kappa shape index (κ2) is 9.00. The van der Waals surface area contributed by atoms with Crippen molar-refractivity contribution < 1.29 is 19.4 Å². The summed E-state index contributed by atoms with van der Waals surface area (Å²) in [4.78, 5) is 31.6. The molecule has 2 atom stereocenters. The van der Waals surface area contributed by atoms with Crippen LogP contribution in [-0.4, -0.2) is 59.1 Å². The number of carbonyl (C=O) groups is 2. The molecule has 0 spiro atoms. The molecule has 1 aliphatic heterocycles. The third kappa shape index (κ3) is 4.26. The number of hydrogen-bond acceptors (Lipinski definition) is 6. The molecule has 7 nitrogen and oxygen atoms in total. The number of rotatable bonds is 5. The van der Waals surface area contributed by atoms with Crippen molar-refractivity contribution >= 4 is 22.8 Å². The van der Waals surface area contributed by atoms with Crippen molar-refractivity contribution in [3.63, 3.8) is 0 Å². The molecule has 1 saturated heterocycles. The average molecular weight is 412 g/mol. The monoisotopic (exact) mass is 411 g/mol. The Hall–Kier alpha value is -2.67. The highest BCUT2D eigenvalue weighted by Crippen LogP contribution is 2.30. The SMILES string of the molecule is COC(=O)C1CC(NC(=O)c2ccc3cccnc3c2O)CN1CC1CCCCC1. The number of carbonyl (C=O) groups excluding carboxylic acids is 2. The Morgan fingerprint density at radius 3 is 2.80 bits per heavy atom. The summed E-state index contributed by atoms with van der Waals surface area (Å²) in [6.07, 6.45) is 8.27. The molecule has 160 valence electrons. The smallest absolute Gasteiger partial charge is 0.323 e. The molecule has 30 heavy (non-hydrogen) atoms. The van der Waals surface area contributed by atoms with Gasteiger partial charge in [0, 0.05) is 30.7 Å². The Morgan fingerprint density at radius 2 is 2.03 bits per heavy atom. The van der Waals surface area contributed by atoms with Gasteiger partial charge in [-0.15, -0.1) is 0 Å². The van der Waals surface area contributed by atoms with Gasteiger partial charge in [-0.05, 0) is 37.3 Å². The Kier molecular flexibility index (Phi) is 6.18. The minimum atomic E-state index is -0.354. The van der Waals surface area contributed by atoms with Crippen LogP contribution in [0.2, 0.25) is 0 Å². The predicted molar refractivity (Wildman–Crippen MR) is 113 cm³/mol. The van der Waals surface area contributed by atoms with Crippen LogP contribution < -0.4 is 5.32 Å². The maximum atomic E-state index is 12.9. The maximum absolute atomic E-state index is 12.9. The quantitative estimate of drug-likeness (QED) is 0.735. The molecule has 7 heteroatoms. The molecule has 1 aliphatic carbocycles. The number of amides is 1. The van der Waals surface area contributed by atoms with E-state index >= 15 is 0 Å². The first-order valence-electron chi connectivity index (χ1n) is 10.8. The third-order valence-electron chi connectivity index (χ3n) is 6.42. The number of nitrogens with one attached hydrogen (secondary N) is 1. The fraction of sp³-hybridized carbons (Fsp3) is 0.522. The van der Waals surface area contributed by atoms with Crippen molar-refractivity contribution in [2.45, 2.75) is 50.6 Å². The first-order valence-corrected chi connectivity index (χ1v) is 10.8. The number of aromatic hydroxyl groups is 1. The summed E-state index contributed by atoms with van der Waals surface area (Å²) in [5.74, 6) is -0.128. The second-order valence-corrected chi connectivity index (χ2v) is 8.44. The van der Waals surface area contributed by atoms with Crippen molar-refractivity contribution in [2.75, 3.05) is 20.2 Å². The van der Waals surface area contributed by atoms with Gasteiger partial charge in [-0.2, -0.15) is 0 Å². The van der Waals surface area contributed by atoms with Crippen LogP contribution in [0.3, 0.4) is 0 Å². The van der Waals surface area contributed by atoms with Gasteiger partial charge in [0.1, 0.15) is 11.6 Å². The van der Waals surface area contributed by atoms with Crippen LogP contribution in [0.4, 0.5) is 0 Å². The zero-order valence-corrected chi connectivity index (χ0v) is 17.3. The molecule has 1 amide bonds. The molecule has 2 unspecified atom stereocenters. The van der Waals surface area contributed by atoms with E-state index in [0.717, 1.165) is 11.9 Å². The minimum absolute atomic E-state index is 0.118.